The van der Waals surface area contributed by atoms with E-state index >= 15 is 0 Å². The first-order chi connectivity index (χ1) is 10.3. The number of halogens is 1. The Morgan fingerprint density at radius 3 is 2.43 bits per heavy atom. The topological polar surface area (TPSA) is 43.2 Å². The highest BCUT2D eigenvalue weighted by Crippen LogP contribution is 2.28. The lowest BCUT2D eigenvalue weighted by Gasteiger charge is -2.37. The number of anilines is 2. The maximum atomic E-state index is 9.28. The number of aromatic nitrogens is 1. The van der Waals surface area contributed by atoms with Crippen LogP contribution >= 0.6 is 11.6 Å². The summed E-state index contributed by atoms with van der Waals surface area (Å²) in [4.78, 5) is 8.85. The van der Waals surface area contributed by atoms with E-state index in [2.05, 4.69) is 20.9 Å². The normalized spacial score (nSPS) is 14.9. The van der Waals surface area contributed by atoms with Crippen LogP contribution in [-0.4, -0.2) is 31.2 Å². The van der Waals surface area contributed by atoms with E-state index in [1.165, 1.54) is 0 Å². The highest BCUT2D eigenvalue weighted by molar-refractivity contribution is 6.32. The van der Waals surface area contributed by atoms with Crippen molar-refractivity contribution in [3.63, 3.8) is 0 Å². The van der Waals surface area contributed by atoms with Crippen molar-refractivity contribution >= 4 is 23.1 Å². The fourth-order valence-electron chi connectivity index (χ4n) is 2.60. The fraction of sp³-hybridized carbons (Fsp3) is 0.250. The summed E-state index contributed by atoms with van der Waals surface area (Å²) >= 11 is 6.10. The van der Waals surface area contributed by atoms with E-state index in [1.54, 1.807) is 6.07 Å². The SMILES string of the molecule is N#Cc1c(Cl)cccc1N1CCN(c2ccccn2)CC1. The molecule has 0 aliphatic carbocycles. The lowest BCUT2D eigenvalue weighted by atomic mass is 10.1. The van der Waals surface area contributed by atoms with Gasteiger partial charge in [0.15, 0.2) is 0 Å². The summed E-state index contributed by atoms with van der Waals surface area (Å²) in [6, 6.07) is 13.8. The van der Waals surface area contributed by atoms with Crippen molar-refractivity contribution in [3.8, 4) is 6.07 Å². The predicted molar refractivity (Wildman–Crippen MR) is 84.8 cm³/mol. The third kappa shape index (κ3) is 2.79. The number of rotatable bonds is 2. The Kier molecular flexibility index (Phi) is 3.94. The monoisotopic (exact) mass is 298 g/mol. The van der Waals surface area contributed by atoms with E-state index in [0.29, 0.717) is 10.6 Å². The molecule has 0 radical (unpaired) electrons. The molecule has 0 amide bonds. The average Bonchev–Trinajstić information content (AvgIpc) is 2.55. The molecule has 0 atom stereocenters. The van der Waals surface area contributed by atoms with E-state index in [-0.39, 0.29) is 0 Å². The minimum absolute atomic E-state index is 0.516. The molecule has 1 aliphatic heterocycles. The largest absolute Gasteiger partial charge is 0.367 e. The third-order valence-corrected chi connectivity index (χ3v) is 4.01. The lowest BCUT2D eigenvalue weighted by molar-refractivity contribution is 0.647. The highest BCUT2D eigenvalue weighted by Gasteiger charge is 2.20. The second-order valence-corrected chi connectivity index (χ2v) is 5.31. The van der Waals surface area contributed by atoms with Crippen LogP contribution in [0.25, 0.3) is 0 Å². The molecule has 0 bridgehead atoms. The van der Waals surface area contributed by atoms with Gasteiger partial charge in [-0.05, 0) is 24.3 Å². The summed E-state index contributed by atoms with van der Waals surface area (Å²) in [7, 11) is 0. The van der Waals surface area contributed by atoms with Crippen molar-refractivity contribution in [3.05, 3.63) is 53.2 Å². The summed E-state index contributed by atoms with van der Waals surface area (Å²) in [6.07, 6.45) is 1.81. The Morgan fingerprint density at radius 1 is 1.00 bits per heavy atom. The molecular formula is C16H15ClN4. The third-order valence-electron chi connectivity index (χ3n) is 3.70. The number of nitrogens with zero attached hydrogens (tertiary/aromatic N) is 4. The smallest absolute Gasteiger partial charge is 0.128 e. The molecule has 0 spiro atoms. The zero-order valence-electron chi connectivity index (χ0n) is 11.5. The van der Waals surface area contributed by atoms with Crippen molar-refractivity contribution in [2.24, 2.45) is 0 Å². The zero-order chi connectivity index (χ0) is 14.7. The van der Waals surface area contributed by atoms with Crippen molar-refractivity contribution in [2.75, 3.05) is 36.0 Å². The van der Waals surface area contributed by atoms with Crippen LogP contribution in [0.3, 0.4) is 0 Å². The zero-order valence-corrected chi connectivity index (χ0v) is 12.3. The van der Waals surface area contributed by atoms with Crippen LogP contribution in [0, 0.1) is 11.3 Å². The van der Waals surface area contributed by atoms with Gasteiger partial charge in [-0.3, -0.25) is 0 Å². The Bertz CT molecular complexity index is 658. The molecule has 2 heterocycles. The Labute approximate surface area is 129 Å². The first kappa shape index (κ1) is 13.7. The molecule has 4 nitrogen and oxygen atoms in total. The maximum absolute atomic E-state index is 9.28. The van der Waals surface area contributed by atoms with E-state index in [0.717, 1.165) is 37.7 Å². The fourth-order valence-corrected chi connectivity index (χ4v) is 2.82. The van der Waals surface area contributed by atoms with E-state index in [9.17, 15) is 5.26 Å². The standard InChI is InChI=1S/C16H15ClN4/c17-14-4-3-5-15(13(14)12-18)20-8-10-21(11-9-20)16-6-1-2-7-19-16/h1-7H,8-11H2. The first-order valence-electron chi connectivity index (χ1n) is 6.89. The van der Waals surface area contributed by atoms with Gasteiger partial charge < -0.3 is 9.80 Å². The van der Waals surface area contributed by atoms with Gasteiger partial charge in [0, 0.05) is 32.4 Å². The number of benzene rings is 1. The Hall–Kier alpha value is -2.25. The predicted octanol–water partition coefficient (Wildman–Crippen LogP) is 2.93. The van der Waals surface area contributed by atoms with Gasteiger partial charge in [0.05, 0.1) is 16.3 Å². The van der Waals surface area contributed by atoms with Gasteiger partial charge in [-0.15, -0.1) is 0 Å². The first-order valence-corrected chi connectivity index (χ1v) is 7.27. The molecule has 0 saturated carbocycles. The van der Waals surface area contributed by atoms with Crippen LogP contribution in [0.2, 0.25) is 5.02 Å². The van der Waals surface area contributed by atoms with Crippen LogP contribution in [-0.2, 0) is 0 Å². The van der Waals surface area contributed by atoms with Gasteiger partial charge in [0.2, 0.25) is 0 Å². The Balaban J connectivity index is 1.75. The maximum Gasteiger partial charge on any atom is 0.128 e. The van der Waals surface area contributed by atoms with Gasteiger partial charge in [-0.1, -0.05) is 23.7 Å². The van der Waals surface area contributed by atoms with Crippen molar-refractivity contribution < 1.29 is 0 Å². The number of pyridine rings is 1. The summed E-state index contributed by atoms with van der Waals surface area (Å²) in [5.41, 5.74) is 1.48. The highest BCUT2D eigenvalue weighted by atomic mass is 35.5. The summed E-state index contributed by atoms with van der Waals surface area (Å²) in [6.45, 7) is 3.47. The molecule has 2 aromatic rings. The molecule has 3 rings (SSSR count). The summed E-state index contributed by atoms with van der Waals surface area (Å²) in [5.74, 6) is 1.00. The van der Waals surface area contributed by atoms with Crippen molar-refractivity contribution in [1.29, 1.82) is 5.26 Å². The molecule has 1 fully saturated rings. The molecule has 0 unspecified atom stereocenters. The quantitative estimate of drug-likeness (QED) is 0.855. The van der Waals surface area contributed by atoms with Gasteiger partial charge in [0.25, 0.3) is 0 Å². The van der Waals surface area contributed by atoms with Crippen LogP contribution in [0.15, 0.2) is 42.6 Å². The molecule has 0 N–H and O–H groups in total. The molecule has 1 saturated heterocycles. The van der Waals surface area contributed by atoms with Crippen LogP contribution in [0.4, 0.5) is 11.5 Å². The molecule has 106 valence electrons. The van der Waals surface area contributed by atoms with E-state index < -0.39 is 0 Å². The summed E-state index contributed by atoms with van der Waals surface area (Å²) in [5, 5.41) is 9.79. The van der Waals surface area contributed by atoms with E-state index in [1.807, 2.05) is 36.5 Å². The second kappa shape index (κ2) is 6.02. The van der Waals surface area contributed by atoms with Crippen LogP contribution in [0.1, 0.15) is 5.56 Å². The molecular weight excluding hydrogens is 284 g/mol. The average molecular weight is 299 g/mol. The number of hydrogen-bond donors (Lipinski definition) is 0. The van der Waals surface area contributed by atoms with Crippen LogP contribution in [0.5, 0.6) is 0 Å². The molecule has 1 aliphatic rings. The molecule has 21 heavy (non-hydrogen) atoms. The molecule has 1 aromatic heterocycles. The van der Waals surface area contributed by atoms with E-state index in [4.69, 9.17) is 11.6 Å². The van der Waals surface area contributed by atoms with Gasteiger partial charge in [-0.25, -0.2) is 4.98 Å². The van der Waals surface area contributed by atoms with Gasteiger partial charge in [-0.2, -0.15) is 5.26 Å². The van der Waals surface area contributed by atoms with Gasteiger partial charge in [0.1, 0.15) is 11.9 Å². The molecule has 5 heteroatoms. The number of nitriles is 1. The summed E-state index contributed by atoms with van der Waals surface area (Å²) < 4.78 is 0. The minimum Gasteiger partial charge on any atom is -0.367 e. The minimum atomic E-state index is 0.516. The van der Waals surface area contributed by atoms with Gasteiger partial charge >= 0.3 is 0 Å². The van der Waals surface area contributed by atoms with Crippen molar-refractivity contribution in [1.82, 2.24) is 4.98 Å². The second-order valence-electron chi connectivity index (χ2n) is 4.91. The lowest BCUT2D eigenvalue weighted by Crippen LogP contribution is -2.47. The molecule has 1 aromatic carbocycles. The van der Waals surface area contributed by atoms with Crippen LogP contribution < -0.4 is 9.80 Å². The number of piperazine rings is 1. The van der Waals surface area contributed by atoms with Crippen molar-refractivity contribution in [2.45, 2.75) is 0 Å². The number of hydrogen-bond acceptors (Lipinski definition) is 4. The Morgan fingerprint density at radius 2 is 1.76 bits per heavy atom.